The Morgan fingerprint density at radius 3 is 2.00 bits per heavy atom. The first kappa shape index (κ1) is 17.3. The minimum atomic E-state index is -0.164. The van der Waals surface area contributed by atoms with Crippen LogP contribution in [-0.4, -0.2) is 31.2 Å². The van der Waals surface area contributed by atoms with Crippen LogP contribution in [0.5, 0.6) is 0 Å². The number of ether oxygens (including phenoxy) is 2. The second-order valence-electron chi connectivity index (χ2n) is 4.04. The van der Waals surface area contributed by atoms with Crippen molar-refractivity contribution in [2.75, 3.05) is 13.7 Å². The van der Waals surface area contributed by atoms with Crippen molar-refractivity contribution < 1.29 is 14.6 Å². The summed E-state index contributed by atoms with van der Waals surface area (Å²) in [6.07, 6.45) is -0.237. The average molecular weight is 220 g/mol. The standard InChI is InChI=1S/C10H20O3.2CH4/c1-6-7(2)9(5-11)13-10(12-4)8(6)3;;/h6-11H,5H2,1-4H3;2*1H4. The van der Waals surface area contributed by atoms with E-state index in [0.717, 1.165) is 0 Å². The van der Waals surface area contributed by atoms with Gasteiger partial charge in [-0.15, -0.1) is 0 Å². The predicted molar refractivity (Wildman–Crippen MR) is 63.7 cm³/mol. The first-order chi connectivity index (χ1) is 6.11. The lowest BCUT2D eigenvalue weighted by Gasteiger charge is -2.42. The highest BCUT2D eigenvalue weighted by molar-refractivity contribution is 4.82. The second-order valence-corrected chi connectivity index (χ2v) is 4.04. The van der Waals surface area contributed by atoms with Crippen LogP contribution in [0.25, 0.3) is 0 Å². The van der Waals surface area contributed by atoms with E-state index in [1.165, 1.54) is 0 Å². The molecule has 3 nitrogen and oxygen atoms in total. The molecule has 94 valence electrons. The normalized spacial score (nSPS) is 40.2. The zero-order valence-electron chi connectivity index (χ0n) is 8.86. The zero-order chi connectivity index (χ0) is 10.0. The third-order valence-corrected chi connectivity index (χ3v) is 3.40. The van der Waals surface area contributed by atoms with Gasteiger partial charge in [0.25, 0.3) is 0 Å². The quantitative estimate of drug-likeness (QED) is 0.777. The van der Waals surface area contributed by atoms with Crippen molar-refractivity contribution in [3.63, 3.8) is 0 Å². The maximum atomic E-state index is 9.10. The molecular formula is C12H28O3. The van der Waals surface area contributed by atoms with Crippen LogP contribution < -0.4 is 0 Å². The Hall–Kier alpha value is -0.120. The largest absolute Gasteiger partial charge is 0.394 e. The highest BCUT2D eigenvalue weighted by Crippen LogP contribution is 2.34. The van der Waals surface area contributed by atoms with Crippen LogP contribution in [0, 0.1) is 17.8 Å². The molecule has 1 fully saturated rings. The molecule has 5 atom stereocenters. The van der Waals surface area contributed by atoms with Gasteiger partial charge in [0, 0.05) is 13.0 Å². The molecule has 0 radical (unpaired) electrons. The van der Waals surface area contributed by atoms with E-state index in [1.807, 2.05) is 0 Å². The first-order valence-corrected chi connectivity index (χ1v) is 4.91. The Labute approximate surface area is 94.8 Å². The summed E-state index contributed by atoms with van der Waals surface area (Å²) in [7, 11) is 1.65. The zero-order valence-corrected chi connectivity index (χ0v) is 8.86. The minimum Gasteiger partial charge on any atom is -0.394 e. The summed E-state index contributed by atoms with van der Waals surface area (Å²) in [6, 6.07) is 0. The van der Waals surface area contributed by atoms with E-state index in [4.69, 9.17) is 14.6 Å². The van der Waals surface area contributed by atoms with Gasteiger partial charge in [-0.05, 0) is 11.8 Å². The molecule has 0 aromatic heterocycles. The lowest BCUT2D eigenvalue weighted by molar-refractivity contribution is -0.244. The van der Waals surface area contributed by atoms with Gasteiger partial charge >= 0.3 is 0 Å². The maximum Gasteiger partial charge on any atom is 0.160 e. The van der Waals surface area contributed by atoms with Crippen LogP contribution in [0.2, 0.25) is 0 Å². The van der Waals surface area contributed by atoms with Crippen molar-refractivity contribution in [3.05, 3.63) is 0 Å². The Morgan fingerprint density at radius 2 is 1.60 bits per heavy atom. The summed E-state index contributed by atoms with van der Waals surface area (Å²) < 4.78 is 10.8. The van der Waals surface area contributed by atoms with Crippen LogP contribution in [0.3, 0.4) is 0 Å². The van der Waals surface area contributed by atoms with Crippen LogP contribution in [0.4, 0.5) is 0 Å². The molecule has 1 rings (SSSR count). The monoisotopic (exact) mass is 220 g/mol. The van der Waals surface area contributed by atoms with Gasteiger partial charge in [-0.25, -0.2) is 0 Å². The van der Waals surface area contributed by atoms with E-state index in [2.05, 4.69) is 20.8 Å². The molecule has 1 N–H and O–H groups in total. The molecule has 0 aromatic rings. The second kappa shape index (κ2) is 7.20. The molecule has 0 bridgehead atoms. The van der Waals surface area contributed by atoms with Gasteiger partial charge in [0.15, 0.2) is 6.29 Å². The SMILES string of the molecule is C.C.COC1OC(CO)C(C)C(C)C1C. The van der Waals surface area contributed by atoms with Crippen molar-refractivity contribution in [2.45, 2.75) is 48.0 Å². The minimum absolute atomic E-state index is 0. The maximum absolute atomic E-state index is 9.10. The molecule has 1 aliphatic rings. The van der Waals surface area contributed by atoms with Crippen LogP contribution in [0.1, 0.15) is 35.6 Å². The summed E-state index contributed by atoms with van der Waals surface area (Å²) in [5.41, 5.74) is 0. The lowest BCUT2D eigenvalue weighted by Crippen LogP contribution is -2.46. The summed E-state index contributed by atoms with van der Waals surface area (Å²) in [4.78, 5) is 0. The Kier molecular flexibility index (Phi) is 8.30. The highest BCUT2D eigenvalue weighted by atomic mass is 16.7. The number of aliphatic hydroxyl groups excluding tert-OH is 1. The van der Waals surface area contributed by atoms with Gasteiger partial charge in [0.05, 0.1) is 12.7 Å². The first-order valence-electron chi connectivity index (χ1n) is 4.91. The van der Waals surface area contributed by atoms with Gasteiger partial charge in [-0.3, -0.25) is 0 Å². The number of hydrogen-bond donors (Lipinski definition) is 1. The van der Waals surface area contributed by atoms with E-state index in [-0.39, 0.29) is 33.9 Å². The van der Waals surface area contributed by atoms with Crippen molar-refractivity contribution in [3.8, 4) is 0 Å². The van der Waals surface area contributed by atoms with E-state index < -0.39 is 0 Å². The third kappa shape index (κ3) is 3.44. The number of methoxy groups -OCH3 is 1. The molecule has 0 spiro atoms. The van der Waals surface area contributed by atoms with E-state index in [0.29, 0.717) is 17.8 Å². The third-order valence-electron chi connectivity index (χ3n) is 3.40. The number of hydrogen-bond acceptors (Lipinski definition) is 3. The molecule has 1 heterocycles. The fraction of sp³-hybridized carbons (Fsp3) is 1.00. The molecule has 15 heavy (non-hydrogen) atoms. The Balaban J connectivity index is 0. The molecule has 0 aliphatic carbocycles. The van der Waals surface area contributed by atoms with Gasteiger partial charge in [0.2, 0.25) is 0 Å². The topological polar surface area (TPSA) is 38.7 Å². The van der Waals surface area contributed by atoms with Crippen LogP contribution in [-0.2, 0) is 9.47 Å². The van der Waals surface area contributed by atoms with Gasteiger partial charge in [-0.1, -0.05) is 35.6 Å². The predicted octanol–water partition coefficient (Wildman–Crippen LogP) is 2.53. The molecule has 3 heteroatoms. The van der Waals surface area contributed by atoms with Crippen LogP contribution in [0.15, 0.2) is 0 Å². The van der Waals surface area contributed by atoms with Crippen molar-refractivity contribution in [1.29, 1.82) is 0 Å². The van der Waals surface area contributed by atoms with Gasteiger partial charge in [-0.2, -0.15) is 0 Å². The van der Waals surface area contributed by atoms with Gasteiger partial charge < -0.3 is 14.6 Å². The summed E-state index contributed by atoms with van der Waals surface area (Å²) in [5, 5.41) is 9.10. The highest BCUT2D eigenvalue weighted by Gasteiger charge is 2.38. The number of rotatable bonds is 2. The molecule has 0 amide bonds. The summed E-state index contributed by atoms with van der Waals surface area (Å²) >= 11 is 0. The molecule has 0 saturated carbocycles. The van der Waals surface area contributed by atoms with Crippen molar-refractivity contribution in [1.82, 2.24) is 0 Å². The van der Waals surface area contributed by atoms with Crippen molar-refractivity contribution >= 4 is 0 Å². The molecular weight excluding hydrogens is 192 g/mol. The van der Waals surface area contributed by atoms with E-state index >= 15 is 0 Å². The van der Waals surface area contributed by atoms with E-state index in [1.54, 1.807) is 7.11 Å². The number of aliphatic hydroxyl groups is 1. The fourth-order valence-corrected chi connectivity index (χ4v) is 1.96. The average Bonchev–Trinajstić information content (AvgIpc) is 2.15. The Bertz CT molecular complexity index is 141. The smallest absolute Gasteiger partial charge is 0.160 e. The van der Waals surface area contributed by atoms with Gasteiger partial charge in [0.1, 0.15) is 0 Å². The molecule has 1 saturated heterocycles. The Morgan fingerprint density at radius 1 is 1.07 bits per heavy atom. The van der Waals surface area contributed by atoms with E-state index in [9.17, 15) is 0 Å². The fourth-order valence-electron chi connectivity index (χ4n) is 1.96. The van der Waals surface area contributed by atoms with Crippen molar-refractivity contribution in [2.24, 2.45) is 17.8 Å². The summed E-state index contributed by atoms with van der Waals surface area (Å²) in [5.74, 6) is 1.31. The summed E-state index contributed by atoms with van der Waals surface area (Å²) in [6.45, 7) is 6.52. The lowest BCUT2D eigenvalue weighted by atomic mass is 9.79. The van der Waals surface area contributed by atoms with Crippen LogP contribution >= 0.6 is 0 Å². The molecule has 0 aromatic carbocycles. The molecule has 1 aliphatic heterocycles. The molecule has 5 unspecified atom stereocenters.